The van der Waals surface area contributed by atoms with Crippen LogP contribution >= 0.6 is 0 Å². The van der Waals surface area contributed by atoms with Gasteiger partial charge in [-0.05, 0) is 38.5 Å². The number of rotatable bonds is 1. The summed E-state index contributed by atoms with van der Waals surface area (Å²) in [5, 5.41) is 3.23. The minimum Gasteiger partial charge on any atom is -0.346 e. The van der Waals surface area contributed by atoms with Crippen LogP contribution in [0.4, 0.5) is 0 Å². The summed E-state index contributed by atoms with van der Waals surface area (Å²) in [6.07, 6.45) is 21.3. The number of nitrogens with zero attached hydrogens (tertiary/aromatic N) is 3. The van der Waals surface area contributed by atoms with Crippen LogP contribution in [0.5, 0.6) is 0 Å². The molecule has 1 amide bonds. The van der Waals surface area contributed by atoms with E-state index in [1.165, 1.54) is 94.9 Å². The molecule has 5 heteroatoms. The van der Waals surface area contributed by atoms with Crippen LogP contribution in [0.3, 0.4) is 0 Å². The molecular formula is C25H40N4O. The maximum atomic E-state index is 12.9. The molecule has 5 nitrogen and oxygen atoms in total. The first kappa shape index (κ1) is 21.6. The first-order valence-corrected chi connectivity index (χ1v) is 12.7. The summed E-state index contributed by atoms with van der Waals surface area (Å²) in [4.78, 5) is 22.8. The molecule has 0 aromatic carbocycles. The Morgan fingerprint density at radius 1 is 0.800 bits per heavy atom. The van der Waals surface area contributed by atoms with Crippen molar-refractivity contribution in [1.29, 1.82) is 0 Å². The summed E-state index contributed by atoms with van der Waals surface area (Å²) in [7, 11) is 2.10. The fourth-order valence-electron chi connectivity index (χ4n) is 5.54. The van der Waals surface area contributed by atoms with Crippen LogP contribution in [0.2, 0.25) is 0 Å². The van der Waals surface area contributed by atoms with Crippen molar-refractivity contribution < 1.29 is 4.79 Å². The van der Waals surface area contributed by atoms with Gasteiger partial charge in [-0.15, -0.1) is 0 Å². The van der Waals surface area contributed by atoms with E-state index in [1.807, 2.05) is 0 Å². The lowest BCUT2D eigenvalue weighted by Crippen LogP contribution is -2.52. The van der Waals surface area contributed by atoms with Crippen LogP contribution in [-0.4, -0.2) is 33.3 Å². The number of aromatic nitrogens is 2. The molecule has 0 spiro atoms. The largest absolute Gasteiger partial charge is 0.346 e. The fourth-order valence-corrected chi connectivity index (χ4v) is 5.54. The average Bonchev–Trinajstić information content (AvgIpc) is 3.05. The smallest absolute Gasteiger partial charge is 0.273 e. The van der Waals surface area contributed by atoms with Crippen LogP contribution in [-0.2, 0) is 24.7 Å². The van der Waals surface area contributed by atoms with E-state index in [0.29, 0.717) is 5.71 Å². The van der Waals surface area contributed by atoms with Gasteiger partial charge in [0.15, 0.2) is 11.5 Å². The zero-order chi connectivity index (χ0) is 20.8. The maximum Gasteiger partial charge on any atom is 0.273 e. The minimum absolute atomic E-state index is 0.0218. The molecule has 2 atom stereocenters. The second kappa shape index (κ2) is 10.6. The zero-order valence-electron chi connectivity index (χ0n) is 18.9. The predicted molar refractivity (Wildman–Crippen MR) is 122 cm³/mol. The number of fused-ring (bicyclic) bond motifs is 2. The highest BCUT2D eigenvalue weighted by Gasteiger charge is 2.35. The molecule has 30 heavy (non-hydrogen) atoms. The van der Waals surface area contributed by atoms with Crippen LogP contribution in [0.15, 0.2) is 4.99 Å². The summed E-state index contributed by atoms with van der Waals surface area (Å²) in [5.74, 6) is 0.772. The summed E-state index contributed by atoms with van der Waals surface area (Å²) in [6.45, 7) is 0. The molecule has 1 saturated carbocycles. The van der Waals surface area contributed by atoms with Gasteiger partial charge in [-0.3, -0.25) is 9.79 Å². The number of hydrogen-bond donors (Lipinski definition) is 1. The van der Waals surface area contributed by atoms with Gasteiger partial charge in [0.1, 0.15) is 0 Å². The van der Waals surface area contributed by atoms with Crippen LogP contribution < -0.4 is 5.32 Å². The van der Waals surface area contributed by atoms with Crippen molar-refractivity contribution in [3.63, 3.8) is 0 Å². The summed E-state index contributed by atoms with van der Waals surface area (Å²) in [5.41, 5.74) is 3.12. The third kappa shape index (κ3) is 5.15. The highest BCUT2D eigenvalue weighted by molar-refractivity contribution is 6.45. The van der Waals surface area contributed by atoms with E-state index in [2.05, 4.69) is 16.9 Å². The third-order valence-electron chi connectivity index (χ3n) is 7.39. The molecular weight excluding hydrogens is 372 g/mol. The quantitative estimate of drug-likeness (QED) is 0.702. The molecule has 1 aromatic heterocycles. The molecule has 4 rings (SSSR count). The van der Waals surface area contributed by atoms with Gasteiger partial charge in [-0.2, -0.15) is 0 Å². The van der Waals surface area contributed by atoms with E-state index in [9.17, 15) is 4.79 Å². The number of nitrogens with one attached hydrogen (secondary N) is 1. The van der Waals surface area contributed by atoms with E-state index >= 15 is 0 Å². The predicted octanol–water partition coefficient (Wildman–Crippen LogP) is 5.04. The molecule has 166 valence electrons. The lowest BCUT2D eigenvalue weighted by atomic mass is 9.89. The van der Waals surface area contributed by atoms with Gasteiger partial charge in [0.2, 0.25) is 0 Å². The summed E-state index contributed by atoms with van der Waals surface area (Å²) in [6, 6.07) is 0.466. The average molecular weight is 413 g/mol. The Hall–Kier alpha value is -1.65. The maximum absolute atomic E-state index is 12.9. The highest BCUT2D eigenvalue weighted by Crippen LogP contribution is 2.26. The van der Waals surface area contributed by atoms with Crippen molar-refractivity contribution in [3.05, 3.63) is 17.2 Å². The van der Waals surface area contributed by atoms with Crippen molar-refractivity contribution in [2.75, 3.05) is 0 Å². The van der Waals surface area contributed by atoms with Gasteiger partial charge in [0.25, 0.3) is 5.91 Å². The van der Waals surface area contributed by atoms with Gasteiger partial charge < -0.3 is 9.88 Å². The van der Waals surface area contributed by atoms with E-state index in [4.69, 9.17) is 9.98 Å². The standard InChI is InChI=1S/C25H40N4O/c1-29-22-18-12-10-8-6-4-2-3-5-7-9-11-17-21(22)27-24(29)23-25(30)28-20-16-14-13-15-19(20)26-23/h19-20H,2-18H2,1H3,(H,28,30)/t19-,20-/m0/s1. The SMILES string of the molecule is Cn1c(C2=N[C@H]3CCCC[C@@H]3NC2=O)nc2c1CCCCCCCCCCCCC2. The van der Waals surface area contributed by atoms with Crippen molar-refractivity contribution in [3.8, 4) is 0 Å². The molecule has 3 aliphatic rings. The Morgan fingerprint density at radius 3 is 2.10 bits per heavy atom. The number of imidazole rings is 1. The van der Waals surface area contributed by atoms with Crippen molar-refractivity contribution in [1.82, 2.24) is 14.9 Å². The van der Waals surface area contributed by atoms with Gasteiger partial charge in [-0.1, -0.05) is 70.6 Å². The van der Waals surface area contributed by atoms with Crippen molar-refractivity contribution >= 4 is 11.6 Å². The third-order valence-corrected chi connectivity index (χ3v) is 7.39. The van der Waals surface area contributed by atoms with Crippen molar-refractivity contribution in [2.45, 2.75) is 121 Å². The summed E-state index contributed by atoms with van der Waals surface area (Å²) < 4.78 is 2.19. The van der Waals surface area contributed by atoms with E-state index < -0.39 is 0 Å². The van der Waals surface area contributed by atoms with Crippen LogP contribution in [0.1, 0.15) is 114 Å². The second-order valence-corrected chi connectivity index (χ2v) is 9.69. The van der Waals surface area contributed by atoms with E-state index in [-0.39, 0.29) is 18.0 Å². The number of amides is 1. The Bertz CT molecular complexity index is 751. The van der Waals surface area contributed by atoms with Crippen LogP contribution in [0.25, 0.3) is 0 Å². The molecule has 0 bridgehead atoms. The number of hydrogen-bond acceptors (Lipinski definition) is 3. The fraction of sp³-hybridized carbons (Fsp3) is 0.800. The first-order chi connectivity index (χ1) is 14.7. The molecule has 1 N–H and O–H groups in total. The van der Waals surface area contributed by atoms with E-state index in [0.717, 1.165) is 31.5 Å². The molecule has 0 unspecified atom stereocenters. The monoisotopic (exact) mass is 412 g/mol. The minimum atomic E-state index is -0.0218. The lowest BCUT2D eigenvalue weighted by Gasteiger charge is -2.33. The number of carbonyl (C=O) groups excluding carboxylic acids is 1. The number of carbonyl (C=O) groups is 1. The topological polar surface area (TPSA) is 59.3 Å². The Balaban J connectivity index is 1.55. The molecule has 1 aromatic rings. The second-order valence-electron chi connectivity index (χ2n) is 9.69. The van der Waals surface area contributed by atoms with Gasteiger partial charge in [0.05, 0.1) is 17.8 Å². The number of aliphatic imine (C=N–C) groups is 1. The van der Waals surface area contributed by atoms with Gasteiger partial charge in [0, 0.05) is 12.7 Å². The molecule has 0 radical (unpaired) electrons. The van der Waals surface area contributed by atoms with Gasteiger partial charge in [-0.25, -0.2) is 4.98 Å². The van der Waals surface area contributed by atoms with E-state index in [1.54, 1.807) is 0 Å². The van der Waals surface area contributed by atoms with Crippen molar-refractivity contribution in [2.24, 2.45) is 12.0 Å². The Morgan fingerprint density at radius 2 is 1.40 bits per heavy atom. The lowest BCUT2D eigenvalue weighted by molar-refractivity contribution is -0.116. The Labute approximate surface area is 182 Å². The Kier molecular flexibility index (Phi) is 7.62. The van der Waals surface area contributed by atoms with Gasteiger partial charge >= 0.3 is 0 Å². The molecule has 2 heterocycles. The summed E-state index contributed by atoms with van der Waals surface area (Å²) >= 11 is 0. The molecule has 1 fully saturated rings. The molecule has 0 saturated heterocycles. The molecule has 2 aliphatic carbocycles. The van der Waals surface area contributed by atoms with Crippen LogP contribution in [0, 0.1) is 0 Å². The molecule has 1 aliphatic heterocycles. The highest BCUT2D eigenvalue weighted by atomic mass is 16.2. The number of aryl methyl sites for hydroxylation is 1. The normalized spacial score (nSPS) is 27.1. The first-order valence-electron chi connectivity index (χ1n) is 12.7. The zero-order valence-corrected chi connectivity index (χ0v) is 18.9.